The number of phenols is 1. The molecule has 7 heteroatoms. The minimum atomic E-state index is -0.760. The molecule has 1 aliphatic rings. The van der Waals surface area contributed by atoms with Gasteiger partial charge in [-0.1, -0.05) is 48.0 Å². The molecular formula is C25H30N3O4. The van der Waals surface area contributed by atoms with Gasteiger partial charge >= 0.3 is 0 Å². The molecule has 2 aromatic rings. The predicted octanol–water partition coefficient (Wildman–Crippen LogP) is 2.72. The van der Waals surface area contributed by atoms with Crippen LogP contribution in [-0.2, 0) is 4.79 Å². The third kappa shape index (κ3) is 6.95. The van der Waals surface area contributed by atoms with E-state index in [2.05, 4.69) is 34.5 Å². The van der Waals surface area contributed by atoms with Gasteiger partial charge in [0.15, 0.2) is 0 Å². The van der Waals surface area contributed by atoms with Gasteiger partial charge in [0.25, 0.3) is 0 Å². The Morgan fingerprint density at radius 1 is 1.00 bits per heavy atom. The number of carbonyl (C=O) groups is 1. The Labute approximate surface area is 188 Å². The van der Waals surface area contributed by atoms with Crippen molar-refractivity contribution in [3.8, 4) is 5.75 Å². The van der Waals surface area contributed by atoms with E-state index in [-0.39, 0.29) is 11.4 Å². The van der Waals surface area contributed by atoms with Crippen molar-refractivity contribution in [2.75, 3.05) is 25.0 Å². The molecule has 1 radical (unpaired) electrons. The molecule has 0 aromatic heterocycles. The van der Waals surface area contributed by atoms with E-state index in [4.69, 9.17) is 0 Å². The maximum atomic E-state index is 10.6. The molecule has 1 amide bonds. The van der Waals surface area contributed by atoms with Crippen molar-refractivity contribution in [3.05, 3.63) is 89.5 Å². The maximum Gasteiger partial charge on any atom is 0.211 e. The van der Waals surface area contributed by atoms with Gasteiger partial charge in [-0.25, -0.2) is 0 Å². The van der Waals surface area contributed by atoms with Crippen LogP contribution in [0.15, 0.2) is 72.0 Å². The summed E-state index contributed by atoms with van der Waals surface area (Å²) >= 11 is 0. The molecular weight excluding hydrogens is 406 g/mol. The highest BCUT2D eigenvalue weighted by Gasteiger charge is 2.12. The predicted molar refractivity (Wildman–Crippen MR) is 125 cm³/mol. The van der Waals surface area contributed by atoms with Gasteiger partial charge in [-0.2, -0.15) is 0 Å². The van der Waals surface area contributed by atoms with Crippen molar-refractivity contribution in [2.45, 2.75) is 25.0 Å². The number of phenolic OH excluding ortho intramolecular Hbond substituents is 1. The molecule has 2 unspecified atom stereocenters. The summed E-state index contributed by atoms with van der Waals surface area (Å²) in [7, 11) is 0. The fourth-order valence-electron chi connectivity index (χ4n) is 3.49. The third-order valence-corrected chi connectivity index (χ3v) is 5.29. The highest BCUT2D eigenvalue weighted by molar-refractivity contribution is 5.75. The van der Waals surface area contributed by atoms with Crippen LogP contribution in [-0.4, -0.2) is 41.4 Å². The molecule has 7 nitrogen and oxygen atoms in total. The summed E-state index contributed by atoms with van der Waals surface area (Å²) in [6, 6.07) is 14.2. The number of hydrogen-bond acceptors (Lipinski definition) is 6. The van der Waals surface area contributed by atoms with Crippen LogP contribution >= 0.6 is 0 Å². The number of benzene rings is 2. The van der Waals surface area contributed by atoms with Gasteiger partial charge in [-0.05, 0) is 55.1 Å². The van der Waals surface area contributed by atoms with Crippen LogP contribution in [0, 0.1) is 6.42 Å². The van der Waals surface area contributed by atoms with Crippen LogP contribution in [0.25, 0.3) is 0 Å². The van der Waals surface area contributed by atoms with Gasteiger partial charge in [-0.15, -0.1) is 0 Å². The molecule has 2 aromatic carbocycles. The molecule has 169 valence electrons. The molecule has 0 saturated carbocycles. The van der Waals surface area contributed by atoms with Gasteiger partial charge in [0.1, 0.15) is 5.75 Å². The molecule has 1 aliphatic carbocycles. The highest BCUT2D eigenvalue weighted by atomic mass is 16.3. The van der Waals surface area contributed by atoms with Crippen molar-refractivity contribution in [2.24, 2.45) is 0 Å². The Kier molecular flexibility index (Phi) is 8.86. The zero-order valence-electron chi connectivity index (χ0n) is 17.9. The molecule has 2 atom stereocenters. The van der Waals surface area contributed by atoms with Gasteiger partial charge in [0.2, 0.25) is 6.41 Å². The molecule has 0 bridgehead atoms. The van der Waals surface area contributed by atoms with Gasteiger partial charge in [-0.3, -0.25) is 4.79 Å². The quantitative estimate of drug-likeness (QED) is 0.173. The lowest BCUT2D eigenvalue weighted by Crippen LogP contribution is -2.24. The summed E-state index contributed by atoms with van der Waals surface area (Å²) in [5.41, 5.74) is 3.94. The van der Waals surface area contributed by atoms with E-state index in [9.17, 15) is 20.1 Å². The van der Waals surface area contributed by atoms with Crippen LogP contribution in [0.1, 0.15) is 36.2 Å². The number of aliphatic hydroxyl groups is 2. The second-order valence-corrected chi connectivity index (χ2v) is 7.63. The second-order valence-electron chi connectivity index (χ2n) is 7.63. The van der Waals surface area contributed by atoms with Crippen molar-refractivity contribution < 1.29 is 20.1 Å². The normalized spacial score (nSPS) is 15.3. The first-order valence-electron chi connectivity index (χ1n) is 10.7. The number of nitrogens with one attached hydrogen (secondary N) is 3. The summed E-state index contributed by atoms with van der Waals surface area (Å²) < 4.78 is 0. The van der Waals surface area contributed by atoms with Crippen molar-refractivity contribution >= 4 is 12.1 Å². The average molecular weight is 437 g/mol. The van der Waals surface area contributed by atoms with E-state index < -0.39 is 12.2 Å². The molecule has 3 rings (SSSR count). The number of amides is 1. The molecule has 0 heterocycles. The molecule has 0 spiro atoms. The molecule has 6 N–H and O–H groups in total. The Morgan fingerprint density at radius 3 is 2.56 bits per heavy atom. The van der Waals surface area contributed by atoms with Gasteiger partial charge in [0, 0.05) is 18.8 Å². The van der Waals surface area contributed by atoms with Crippen LogP contribution in [0.5, 0.6) is 5.75 Å². The fraction of sp³-hybridized carbons (Fsp3) is 0.280. The van der Waals surface area contributed by atoms with E-state index >= 15 is 0 Å². The maximum absolute atomic E-state index is 10.6. The van der Waals surface area contributed by atoms with Crippen molar-refractivity contribution in [3.63, 3.8) is 0 Å². The largest absolute Gasteiger partial charge is 0.506 e. The van der Waals surface area contributed by atoms with Gasteiger partial charge in [0.05, 0.1) is 17.9 Å². The summed E-state index contributed by atoms with van der Waals surface area (Å²) in [6.45, 7) is 1.48. The SMILES string of the molecule is O=CNc1cc(C(O)CNCCC2=CC(NCC(O)c3ccccc3)=CC[CH]2)ccc1O. The molecule has 0 aliphatic heterocycles. The lowest BCUT2D eigenvalue weighted by atomic mass is 10.00. The standard InChI is InChI=1S/C25H30N3O4/c29-17-28-22-14-20(9-10-23(22)30)24(31)15-26-12-11-18-5-4-8-21(13-18)27-16-25(32)19-6-2-1-3-7-19/h1-3,5-10,13-14,17,24-27,30-32H,4,11-12,15-16H2,(H,28,29). The lowest BCUT2D eigenvalue weighted by molar-refractivity contribution is -0.105. The van der Waals surface area contributed by atoms with E-state index in [0.29, 0.717) is 31.6 Å². The Balaban J connectivity index is 1.41. The van der Waals surface area contributed by atoms with E-state index in [1.165, 1.54) is 11.6 Å². The minimum Gasteiger partial charge on any atom is -0.506 e. The first-order valence-corrected chi connectivity index (χ1v) is 10.7. The number of hydrogen-bond donors (Lipinski definition) is 6. The summed E-state index contributed by atoms with van der Waals surface area (Å²) in [4.78, 5) is 10.6. The van der Waals surface area contributed by atoms with E-state index in [0.717, 1.165) is 24.1 Å². The first-order chi connectivity index (χ1) is 15.6. The number of anilines is 1. The van der Waals surface area contributed by atoms with Crippen LogP contribution in [0.3, 0.4) is 0 Å². The first kappa shape index (κ1) is 23.5. The number of rotatable bonds is 12. The Bertz CT molecular complexity index is 943. The topological polar surface area (TPSA) is 114 Å². The van der Waals surface area contributed by atoms with Crippen LogP contribution < -0.4 is 16.0 Å². The lowest BCUT2D eigenvalue weighted by Gasteiger charge is -2.18. The summed E-state index contributed by atoms with van der Waals surface area (Å²) in [6.07, 6.45) is 7.13. The summed E-state index contributed by atoms with van der Waals surface area (Å²) in [5, 5.41) is 39.3. The second kappa shape index (κ2) is 12.0. The van der Waals surface area contributed by atoms with E-state index in [1.54, 1.807) is 12.1 Å². The van der Waals surface area contributed by atoms with Crippen molar-refractivity contribution in [1.29, 1.82) is 0 Å². The van der Waals surface area contributed by atoms with Crippen LogP contribution in [0.4, 0.5) is 5.69 Å². The number of aromatic hydroxyl groups is 1. The fourth-order valence-corrected chi connectivity index (χ4v) is 3.49. The smallest absolute Gasteiger partial charge is 0.211 e. The minimum absolute atomic E-state index is 0.0467. The third-order valence-electron chi connectivity index (χ3n) is 5.29. The van der Waals surface area contributed by atoms with Crippen molar-refractivity contribution in [1.82, 2.24) is 10.6 Å². The highest BCUT2D eigenvalue weighted by Crippen LogP contribution is 2.26. The molecule has 0 fully saturated rings. The average Bonchev–Trinajstić information content (AvgIpc) is 2.82. The monoisotopic (exact) mass is 436 g/mol. The Morgan fingerprint density at radius 2 is 1.78 bits per heavy atom. The zero-order valence-corrected chi connectivity index (χ0v) is 17.9. The van der Waals surface area contributed by atoms with Gasteiger partial charge < -0.3 is 31.3 Å². The molecule has 0 saturated heterocycles. The van der Waals surface area contributed by atoms with E-state index in [1.807, 2.05) is 30.3 Å². The number of aliphatic hydroxyl groups excluding tert-OH is 2. The summed E-state index contributed by atoms with van der Waals surface area (Å²) in [5.74, 6) is -0.0467. The Hall–Kier alpha value is -3.13. The molecule has 32 heavy (non-hydrogen) atoms. The van der Waals surface area contributed by atoms with Crippen LogP contribution in [0.2, 0.25) is 0 Å². The number of allylic oxidation sites excluding steroid dienone is 2. The number of carbonyl (C=O) groups excluding carboxylic acids is 1. The zero-order chi connectivity index (χ0) is 22.8.